The van der Waals surface area contributed by atoms with Crippen LogP contribution in [0.2, 0.25) is 0 Å². The van der Waals surface area contributed by atoms with E-state index in [1.807, 2.05) is 91.0 Å². The largest absolute Gasteiger partial charge is 0.489 e. The van der Waals surface area contributed by atoms with Crippen molar-refractivity contribution in [1.82, 2.24) is 5.43 Å². The van der Waals surface area contributed by atoms with Crippen LogP contribution < -0.4 is 15.5 Å². The predicted molar refractivity (Wildman–Crippen MR) is 126 cm³/mol. The average molecular weight is 423 g/mol. The van der Waals surface area contributed by atoms with Crippen LogP contribution in [0.3, 0.4) is 0 Å². The molecule has 32 heavy (non-hydrogen) atoms. The number of ether oxygens (including phenoxy) is 1. The van der Waals surface area contributed by atoms with Crippen LogP contribution in [0.25, 0.3) is 10.8 Å². The van der Waals surface area contributed by atoms with Gasteiger partial charge in [0.1, 0.15) is 12.4 Å². The Morgan fingerprint density at radius 3 is 2.31 bits per heavy atom. The summed E-state index contributed by atoms with van der Waals surface area (Å²) in [6.45, 7) is 0.482. The van der Waals surface area contributed by atoms with Crippen molar-refractivity contribution in [3.63, 3.8) is 0 Å². The van der Waals surface area contributed by atoms with E-state index in [1.54, 1.807) is 6.07 Å². The van der Waals surface area contributed by atoms with Crippen molar-refractivity contribution in [1.29, 1.82) is 0 Å². The minimum Gasteiger partial charge on any atom is -0.489 e. The maximum Gasteiger partial charge on any atom is 0.329 e. The van der Waals surface area contributed by atoms with E-state index in [0.717, 1.165) is 27.6 Å². The zero-order chi connectivity index (χ0) is 22.2. The molecule has 0 unspecified atom stereocenters. The average Bonchev–Trinajstić information content (AvgIpc) is 2.84. The molecule has 0 spiro atoms. The van der Waals surface area contributed by atoms with Gasteiger partial charge >= 0.3 is 11.8 Å². The molecule has 0 aliphatic rings. The minimum absolute atomic E-state index is 0.482. The van der Waals surface area contributed by atoms with Crippen LogP contribution in [0.4, 0.5) is 5.69 Å². The van der Waals surface area contributed by atoms with Gasteiger partial charge < -0.3 is 10.1 Å². The second-order valence-electron chi connectivity index (χ2n) is 7.02. The number of anilines is 1. The highest BCUT2D eigenvalue weighted by molar-refractivity contribution is 6.40. The first-order valence-electron chi connectivity index (χ1n) is 10.1. The lowest BCUT2D eigenvalue weighted by Gasteiger charge is -2.07. The Bertz CT molecular complexity index is 1250. The van der Waals surface area contributed by atoms with Crippen molar-refractivity contribution in [3.05, 3.63) is 108 Å². The molecule has 0 aromatic heterocycles. The van der Waals surface area contributed by atoms with Gasteiger partial charge in [0.25, 0.3) is 0 Å². The number of nitrogens with one attached hydrogen (secondary N) is 2. The highest BCUT2D eigenvalue weighted by Crippen LogP contribution is 2.22. The Labute approximate surface area is 185 Å². The normalized spacial score (nSPS) is 10.8. The third-order valence-electron chi connectivity index (χ3n) is 4.75. The summed E-state index contributed by atoms with van der Waals surface area (Å²) in [4.78, 5) is 24.3. The number of carbonyl (C=O) groups excluding carboxylic acids is 2. The van der Waals surface area contributed by atoms with E-state index >= 15 is 0 Å². The summed E-state index contributed by atoms with van der Waals surface area (Å²) < 4.78 is 5.74. The Morgan fingerprint density at radius 2 is 1.50 bits per heavy atom. The third kappa shape index (κ3) is 5.37. The highest BCUT2D eigenvalue weighted by atomic mass is 16.5. The van der Waals surface area contributed by atoms with E-state index in [0.29, 0.717) is 12.3 Å². The molecule has 0 radical (unpaired) electrons. The summed E-state index contributed by atoms with van der Waals surface area (Å²) >= 11 is 0. The molecule has 6 heteroatoms. The van der Waals surface area contributed by atoms with Crippen LogP contribution in [0.1, 0.15) is 11.1 Å². The molecule has 2 N–H and O–H groups in total. The smallest absolute Gasteiger partial charge is 0.329 e. The van der Waals surface area contributed by atoms with Crippen LogP contribution in [0, 0.1) is 0 Å². The Morgan fingerprint density at radius 1 is 0.781 bits per heavy atom. The number of benzene rings is 4. The molecule has 0 heterocycles. The van der Waals surface area contributed by atoms with Crippen molar-refractivity contribution >= 4 is 34.5 Å². The first-order valence-corrected chi connectivity index (χ1v) is 10.1. The second kappa shape index (κ2) is 10.0. The molecule has 158 valence electrons. The quantitative estimate of drug-likeness (QED) is 0.272. The molecule has 0 bridgehead atoms. The van der Waals surface area contributed by atoms with E-state index in [1.165, 1.54) is 6.21 Å². The van der Waals surface area contributed by atoms with E-state index in [2.05, 4.69) is 15.8 Å². The molecule has 4 aromatic carbocycles. The van der Waals surface area contributed by atoms with Gasteiger partial charge in [-0.1, -0.05) is 66.7 Å². The Balaban J connectivity index is 1.29. The summed E-state index contributed by atoms with van der Waals surface area (Å²) in [5.74, 6) is -0.912. The van der Waals surface area contributed by atoms with Gasteiger partial charge in [-0.15, -0.1) is 0 Å². The Kier molecular flexibility index (Phi) is 6.53. The van der Waals surface area contributed by atoms with E-state index in [4.69, 9.17) is 4.74 Å². The third-order valence-corrected chi connectivity index (χ3v) is 4.75. The maximum atomic E-state index is 12.2. The van der Waals surface area contributed by atoms with Crippen LogP contribution in [-0.2, 0) is 16.2 Å². The van der Waals surface area contributed by atoms with Crippen LogP contribution in [-0.4, -0.2) is 18.0 Å². The minimum atomic E-state index is -0.850. The molecular formula is C26H21N3O3. The van der Waals surface area contributed by atoms with Crippen molar-refractivity contribution < 1.29 is 14.3 Å². The van der Waals surface area contributed by atoms with Crippen molar-refractivity contribution in [3.8, 4) is 5.75 Å². The van der Waals surface area contributed by atoms with Crippen LogP contribution in [0.5, 0.6) is 5.75 Å². The van der Waals surface area contributed by atoms with Gasteiger partial charge in [0.2, 0.25) is 0 Å². The van der Waals surface area contributed by atoms with Gasteiger partial charge in [-0.25, -0.2) is 5.43 Å². The molecule has 6 nitrogen and oxygen atoms in total. The van der Waals surface area contributed by atoms with E-state index in [9.17, 15) is 9.59 Å². The number of hydrazone groups is 1. The monoisotopic (exact) mass is 423 g/mol. The fourth-order valence-electron chi connectivity index (χ4n) is 3.12. The molecule has 0 atom stereocenters. The van der Waals surface area contributed by atoms with Crippen LogP contribution >= 0.6 is 0 Å². The summed E-state index contributed by atoms with van der Waals surface area (Å²) in [7, 11) is 0. The lowest BCUT2D eigenvalue weighted by molar-refractivity contribution is -0.136. The topological polar surface area (TPSA) is 79.8 Å². The lowest BCUT2D eigenvalue weighted by atomic mass is 10.1. The molecule has 0 saturated heterocycles. The number of hydrogen-bond donors (Lipinski definition) is 2. The summed E-state index contributed by atoms with van der Waals surface area (Å²) in [6.07, 6.45) is 1.46. The first-order chi connectivity index (χ1) is 15.7. The summed E-state index contributed by atoms with van der Waals surface area (Å²) in [6, 6.07) is 30.3. The number of fused-ring (bicyclic) bond motifs is 1. The second-order valence-corrected chi connectivity index (χ2v) is 7.02. The molecule has 0 saturated carbocycles. The van der Waals surface area contributed by atoms with Gasteiger partial charge in [-0.05, 0) is 46.8 Å². The van der Waals surface area contributed by atoms with Crippen molar-refractivity contribution in [2.24, 2.45) is 5.10 Å². The molecule has 2 amide bonds. The van der Waals surface area contributed by atoms with Gasteiger partial charge in [0, 0.05) is 11.1 Å². The lowest BCUT2D eigenvalue weighted by Crippen LogP contribution is -2.32. The number of carbonyl (C=O) groups is 2. The van der Waals surface area contributed by atoms with Crippen molar-refractivity contribution in [2.75, 3.05) is 5.32 Å². The van der Waals surface area contributed by atoms with Gasteiger partial charge in [0.15, 0.2) is 0 Å². The fraction of sp³-hybridized carbons (Fsp3) is 0.0385. The summed E-state index contributed by atoms with van der Waals surface area (Å²) in [5, 5.41) is 8.32. The van der Waals surface area contributed by atoms with Gasteiger partial charge in [-0.2, -0.15) is 5.10 Å². The van der Waals surface area contributed by atoms with Crippen molar-refractivity contribution in [2.45, 2.75) is 6.61 Å². The van der Waals surface area contributed by atoms with Gasteiger partial charge in [0.05, 0.1) is 6.21 Å². The number of rotatable bonds is 6. The SMILES string of the molecule is O=C(NN=Cc1ccc(OCc2ccccc2)cc1)C(=O)Nc1cccc2ccccc12. The molecular weight excluding hydrogens is 402 g/mol. The molecule has 4 rings (SSSR count). The molecule has 0 aliphatic carbocycles. The highest BCUT2D eigenvalue weighted by Gasteiger charge is 2.14. The molecule has 0 aliphatic heterocycles. The standard InChI is InChI=1S/C26H21N3O3/c30-25(28-24-12-6-10-21-9-4-5-11-23(21)24)26(31)29-27-17-19-13-15-22(16-14-19)32-18-20-7-2-1-3-8-20/h1-17H,18H2,(H,28,30)(H,29,31). The van der Waals surface area contributed by atoms with E-state index < -0.39 is 11.8 Å². The molecule has 4 aromatic rings. The number of amides is 2. The van der Waals surface area contributed by atoms with E-state index in [-0.39, 0.29) is 0 Å². The first kappa shape index (κ1) is 20.8. The maximum absolute atomic E-state index is 12.2. The summed E-state index contributed by atoms with van der Waals surface area (Å²) in [5.41, 5.74) is 4.66. The zero-order valence-corrected chi connectivity index (χ0v) is 17.2. The Hall–Kier alpha value is -4.45. The predicted octanol–water partition coefficient (Wildman–Crippen LogP) is 4.51. The number of nitrogens with zero attached hydrogens (tertiary/aromatic N) is 1. The van der Waals surface area contributed by atoms with Gasteiger partial charge in [-0.3, -0.25) is 9.59 Å². The van der Waals surface area contributed by atoms with Crippen LogP contribution in [0.15, 0.2) is 102 Å². The fourth-order valence-corrected chi connectivity index (χ4v) is 3.12. The zero-order valence-electron chi connectivity index (χ0n) is 17.2. The number of hydrogen-bond acceptors (Lipinski definition) is 4. The molecule has 0 fully saturated rings.